The lowest BCUT2D eigenvalue weighted by atomic mass is 10.1. The molecule has 0 bridgehead atoms. The molecule has 0 spiro atoms. The molecule has 0 aromatic rings. The van der Waals surface area contributed by atoms with E-state index in [1.165, 1.54) is 0 Å². The van der Waals surface area contributed by atoms with Crippen LogP contribution in [-0.4, -0.2) is 5.54 Å². The molecule has 0 saturated heterocycles. The van der Waals surface area contributed by atoms with Gasteiger partial charge in [0.15, 0.2) is 0 Å². The molecule has 0 atom stereocenters. The van der Waals surface area contributed by atoms with E-state index in [9.17, 15) is 0 Å². The second-order valence-corrected chi connectivity index (χ2v) is 2.47. The van der Waals surface area contributed by atoms with Crippen molar-refractivity contribution in [3.8, 4) is 0 Å². The van der Waals surface area contributed by atoms with Gasteiger partial charge in [-0.1, -0.05) is 0 Å². The predicted octanol–water partition coefficient (Wildman–Crippen LogP) is 0.180. The maximum absolute atomic E-state index is 4.70. The van der Waals surface area contributed by atoms with Crippen molar-refractivity contribution in [1.29, 1.82) is 0 Å². The Balaban J connectivity index is 3.15. The molecule has 0 unspecified atom stereocenters. The summed E-state index contributed by atoms with van der Waals surface area (Å²) in [6.07, 6.45) is 0. The van der Waals surface area contributed by atoms with E-state index in [1.54, 1.807) is 0 Å². The first-order valence-corrected chi connectivity index (χ1v) is 2.19. The van der Waals surface area contributed by atoms with Crippen molar-refractivity contribution in [2.75, 3.05) is 0 Å². The Bertz CT molecular complexity index is 48.1. The molecule has 3 nitrogen and oxygen atoms in total. The molecule has 0 amide bonds. The van der Waals surface area contributed by atoms with Gasteiger partial charge in [-0.25, -0.2) is 4.94 Å². The fourth-order valence-corrected chi connectivity index (χ4v) is 0.177. The van der Waals surface area contributed by atoms with Crippen LogP contribution in [0.5, 0.6) is 0 Å². The summed E-state index contributed by atoms with van der Waals surface area (Å²) in [4.78, 5) is 4.16. The summed E-state index contributed by atoms with van der Waals surface area (Å²) in [6, 6.07) is 0. The van der Waals surface area contributed by atoms with Crippen molar-refractivity contribution in [3.63, 3.8) is 0 Å². The van der Waals surface area contributed by atoms with Gasteiger partial charge in [0.1, 0.15) is 0 Å². The van der Waals surface area contributed by atoms with Crippen molar-refractivity contribution < 1.29 is 4.94 Å². The van der Waals surface area contributed by atoms with E-state index in [1.807, 2.05) is 20.8 Å². The number of hydrogen-bond donors (Lipinski definition) is 2. The normalized spacial score (nSPS) is 12.0. The van der Waals surface area contributed by atoms with E-state index >= 15 is 0 Å². The first-order chi connectivity index (χ1) is 3.06. The SMILES string of the molecule is CC(C)(C)NON. The van der Waals surface area contributed by atoms with Crippen LogP contribution in [-0.2, 0) is 4.94 Å². The Hall–Kier alpha value is -0.120. The summed E-state index contributed by atoms with van der Waals surface area (Å²) in [7, 11) is 0. The Kier molecular flexibility index (Phi) is 2.22. The van der Waals surface area contributed by atoms with Crippen molar-refractivity contribution in [2.45, 2.75) is 26.3 Å². The number of hydrogen-bond acceptors (Lipinski definition) is 3. The van der Waals surface area contributed by atoms with E-state index in [-0.39, 0.29) is 5.54 Å². The molecule has 0 aliphatic carbocycles. The average molecular weight is 104 g/mol. The lowest BCUT2D eigenvalue weighted by Crippen LogP contribution is -2.37. The second-order valence-electron chi connectivity index (χ2n) is 2.47. The highest BCUT2D eigenvalue weighted by Crippen LogP contribution is 1.95. The summed E-state index contributed by atoms with van der Waals surface area (Å²) in [5.41, 5.74) is 2.52. The van der Waals surface area contributed by atoms with Gasteiger partial charge in [0.2, 0.25) is 0 Å². The largest absolute Gasteiger partial charge is 0.216 e. The summed E-state index contributed by atoms with van der Waals surface area (Å²) in [5.74, 6) is 4.70. The molecule has 0 heterocycles. The van der Waals surface area contributed by atoms with E-state index < -0.39 is 0 Å². The minimum atomic E-state index is -0.0469. The highest BCUT2D eigenvalue weighted by atomic mass is 16.8. The lowest BCUT2D eigenvalue weighted by Gasteiger charge is -2.16. The van der Waals surface area contributed by atoms with Gasteiger partial charge in [-0.15, -0.1) is 0 Å². The molecule has 7 heavy (non-hydrogen) atoms. The Morgan fingerprint density at radius 3 is 1.86 bits per heavy atom. The lowest BCUT2D eigenvalue weighted by molar-refractivity contribution is -0.00712. The quantitative estimate of drug-likeness (QED) is 0.466. The van der Waals surface area contributed by atoms with Crippen molar-refractivity contribution in [1.82, 2.24) is 5.48 Å². The van der Waals surface area contributed by atoms with E-state index in [0.29, 0.717) is 0 Å². The highest BCUT2D eigenvalue weighted by Gasteiger charge is 2.06. The first-order valence-electron chi connectivity index (χ1n) is 2.19. The standard InChI is InChI=1S/C4H12N2O/c1-4(2,3)6-7-5/h6H,5H2,1-3H3. The van der Waals surface area contributed by atoms with Crippen LogP contribution in [0.2, 0.25) is 0 Å². The molecule has 3 N–H and O–H groups in total. The van der Waals surface area contributed by atoms with Crippen LogP contribution in [0, 0.1) is 0 Å². The minimum Gasteiger partial charge on any atom is -0.216 e. The summed E-state index contributed by atoms with van der Waals surface area (Å²) >= 11 is 0. The smallest absolute Gasteiger partial charge is 0.0367 e. The molecular formula is C4H12N2O. The zero-order valence-electron chi connectivity index (χ0n) is 4.99. The van der Waals surface area contributed by atoms with Gasteiger partial charge in [0.25, 0.3) is 0 Å². The maximum atomic E-state index is 4.70. The van der Waals surface area contributed by atoms with Gasteiger partial charge >= 0.3 is 0 Å². The summed E-state index contributed by atoms with van der Waals surface area (Å²) < 4.78 is 0. The van der Waals surface area contributed by atoms with Crippen LogP contribution in [0.15, 0.2) is 0 Å². The minimum absolute atomic E-state index is 0.0469. The zero-order chi connectivity index (χ0) is 5.91. The number of rotatable bonds is 1. The van der Waals surface area contributed by atoms with E-state index in [0.717, 1.165) is 0 Å². The van der Waals surface area contributed by atoms with Gasteiger partial charge < -0.3 is 0 Å². The van der Waals surface area contributed by atoms with Gasteiger partial charge in [0.05, 0.1) is 0 Å². The molecule has 44 valence electrons. The molecule has 0 rings (SSSR count). The van der Waals surface area contributed by atoms with E-state index in [2.05, 4.69) is 10.4 Å². The van der Waals surface area contributed by atoms with Crippen LogP contribution >= 0.6 is 0 Å². The third kappa shape index (κ3) is 5.88. The number of nitrogens with two attached hydrogens (primary N) is 1. The fourth-order valence-electron chi connectivity index (χ4n) is 0.177. The van der Waals surface area contributed by atoms with Gasteiger partial charge in [-0.3, -0.25) is 0 Å². The topological polar surface area (TPSA) is 47.3 Å². The Labute approximate surface area is 43.7 Å². The highest BCUT2D eigenvalue weighted by molar-refractivity contribution is 4.62. The van der Waals surface area contributed by atoms with Crippen LogP contribution in [0.4, 0.5) is 0 Å². The van der Waals surface area contributed by atoms with Crippen LogP contribution in [0.3, 0.4) is 0 Å². The van der Waals surface area contributed by atoms with Crippen LogP contribution in [0.1, 0.15) is 20.8 Å². The summed E-state index contributed by atoms with van der Waals surface area (Å²) in [5, 5.41) is 0. The summed E-state index contributed by atoms with van der Waals surface area (Å²) in [6.45, 7) is 5.87. The fraction of sp³-hybridized carbons (Fsp3) is 1.00. The number of nitrogens with one attached hydrogen (secondary N) is 1. The van der Waals surface area contributed by atoms with Gasteiger partial charge in [-0.05, 0) is 20.8 Å². The van der Waals surface area contributed by atoms with Crippen molar-refractivity contribution >= 4 is 0 Å². The third-order valence-corrected chi connectivity index (χ3v) is 0.365. The Morgan fingerprint density at radius 2 is 1.86 bits per heavy atom. The van der Waals surface area contributed by atoms with Crippen LogP contribution in [0.25, 0.3) is 0 Å². The van der Waals surface area contributed by atoms with E-state index in [4.69, 9.17) is 5.90 Å². The Morgan fingerprint density at radius 1 is 1.43 bits per heavy atom. The molecule has 0 aromatic heterocycles. The molecule has 0 aromatic carbocycles. The van der Waals surface area contributed by atoms with Crippen molar-refractivity contribution in [2.24, 2.45) is 5.90 Å². The molecule has 3 heteroatoms. The number of hydroxylamine groups is 1. The van der Waals surface area contributed by atoms with Crippen molar-refractivity contribution in [3.05, 3.63) is 0 Å². The molecule has 0 aliphatic heterocycles. The predicted molar refractivity (Wildman–Crippen MR) is 28.2 cm³/mol. The van der Waals surface area contributed by atoms with Gasteiger partial charge in [-0.2, -0.15) is 11.4 Å². The molecule has 0 radical (unpaired) electrons. The molecule has 0 saturated carbocycles. The average Bonchev–Trinajstić information content (AvgIpc) is 1.30. The first kappa shape index (κ1) is 6.88. The molecule has 0 fully saturated rings. The monoisotopic (exact) mass is 104 g/mol. The zero-order valence-corrected chi connectivity index (χ0v) is 4.99. The molecular weight excluding hydrogens is 92.1 g/mol. The third-order valence-electron chi connectivity index (χ3n) is 0.365. The van der Waals surface area contributed by atoms with Crippen LogP contribution < -0.4 is 11.4 Å². The molecule has 0 aliphatic rings. The maximum Gasteiger partial charge on any atom is 0.0367 e. The van der Waals surface area contributed by atoms with Gasteiger partial charge in [0, 0.05) is 5.54 Å². The second kappa shape index (κ2) is 2.26.